The maximum Gasteiger partial charge on any atom is 0.0737 e. The standard InChI is InChI=1S/C20H22ClN3/c1-3-24(4-2)14-15-5-8-17(9-6-15)23-19-11-12-22-20-13-16(21)7-10-18(19)20/h5-13H,3-4,14H2,1-2H3,(H,22,23). The summed E-state index contributed by atoms with van der Waals surface area (Å²) < 4.78 is 0. The number of hydrogen-bond acceptors (Lipinski definition) is 3. The number of anilines is 2. The molecule has 0 fully saturated rings. The van der Waals surface area contributed by atoms with Crippen LogP contribution in [0, 0.1) is 0 Å². The zero-order chi connectivity index (χ0) is 16.9. The molecule has 0 atom stereocenters. The fraction of sp³-hybridized carbons (Fsp3) is 0.250. The monoisotopic (exact) mass is 339 g/mol. The number of aromatic nitrogens is 1. The predicted molar refractivity (Wildman–Crippen MR) is 103 cm³/mol. The van der Waals surface area contributed by atoms with Gasteiger partial charge in [0.15, 0.2) is 0 Å². The topological polar surface area (TPSA) is 28.2 Å². The first-order valence-electron chi connectivity index (χ1n) is 8.32. The van der Waals surface area contributed by atoms with E-state index in [1.165, 1.54) is 5.56 Å². The highest BCUT2D eigenvalue weighted by molar-refractivity contribution is 6.31. The number of halogens is 1. The van der Waals surface area contributed by atoms with Crippen LogP contribution < -0.4 is 5.32 Å². The normalized spacial score (nSPS) is 11.2. The van der Waals surface area contributed by atoms with E-state index in [2.05, 4.69) is 53.3 Å². The molecule has 0 aliphatic rings. The molecule has 0 saturated carbocycles. The zero-order valence-corrected chi connectivity index (χ0v) is 14.8. The summed E-state index contributed by atoms with van der Waals surface area (Å²) in [6.07, 6.45) is 1.80. The van der Waals surface area contributed by atoms with Crippen LogP contribution in [-0.4, -0.2) is 23.0 Å². The Morgan fingerprint density at radius 2 is 1.75 bits per heavy atom. The van der Waals surface area contributed by atoms with Crippen molar-refractivity contribution in [1.29, 1.82) is 0 Å². The van der Waals surface area contributed by atoms with Crippen LogP contribution in [0.15, 0.2) is 54.7 Å². The summed E-state index contributed by atoms with van der Waals surface area (Å²) in [5, 5.41) is 5.24. The van der Waals surface area contributed by atoms with E-state index in [1.807, 2.05) is 24.3 Å². The van der Waals surface area contributed by atoms with Gasteiger partial charge in [-0.25, -0.2) is 0 Å². The quantitative estimate of drug-likeness (QED) is 0.645. The summed E-state index contributed by atoms with van der Waals surface area (Å²) in [5.74, 6) is 0. The van der Waals surface area contributed by atoms with Crippen molar-refractivity contribution in [3.63, 3.8) is 0 Å². The molecule has 2 aromatic carbocycles. The Balaban J connectivity index is 1.79. The molecule has 3 aromatic rings. The van der Waals surface area contributed by atoms with Crippen molar-refractivity contribution < 1.29 is 0 Å². The molecule has 0 aliphatic heterocycles. The van der Waals surface area contributed by atoms with Gasteiger partial charge in [0.05, 0.1) is 5.52 Å². The molecule has 1 aromatic heterocycles. The number of hydrogen-bond donors (Lipinski definition) is 1. The Kier molecular flexibility index (Phi) is 5.34. The van der Waals surface area contributed by atoms with Gasteiger partial charge in [-0.1, -0.05) is 37.6 Å². The highest BCUT2D eigenvalue weighted by Gasteiger charge is 2.04. The molecule has 3 rings (SSSR count). The number of rotatable bonds is 6. The first-order chi connectivity index (χ1) is 11.7. The van der Waals surface area contributed by atoms with Crippen LogP contribution in [-0.2, 0) is 6.54 Å². The highest BCUT2D eigenvalue weighted by atomic mass is 35.5. The average molecular weight is 340 g/mol. The Morgan fingerprint density at radius 3 is 2.46 bits per heavy atom. The highest BCUT2D eigenvalue weighted by Crippen LogP contribution is 2.27. The van der Waals surface area contributed by atoms with Crippen LogP contribution >= 0.6 is 11.6 Å². The fourth-order valence-electron chi connectivity index (χ4n) is 2.78. The molecule has 0 spiro atoms. The molecule has 0 radical (unpaired) electrons. The van der Waals surface area contributed by atoms with E-state index in [9.17, 15) is 0 Å². The lowest BCUT2D eigenvalue weighted by Gasteiger charge is -2.18. The van der Waals surface area contributed by atoms with E-state index < -0.39 is 0 Å². The minimum Gasteiger partial charge on any atom is -0.355 e. The molecule has 3 nitrogen and oxygen atoms in total. The zero-order valence-electron chi connectivity index (χ0n) is 14.1. The van der Waals surface area contributed by atoms with Crippen molar-refractivity contribution >= 4 is 33.9 Å². The largest absolute Gasteiger partial charge is 0.355 e. The third-order valence-corrected chi connectivity index (χ3v) is 4.47. The summed E-state index contributed by atoms with van der Waals surface area (Å²) in [6.45, 7) is 7.52. The van der Waals surface area contributed by atoms with Gasteiger partial charge in [-0.15, -0.1) is 0 Å². The van der Waals surface area contributed by atoms with Crippen molar-refractivity contribution in [1.82, 2.24) is 9.88 Å². The summed E-state index contributed by atoms with van der Waals surface area (Å²) in [4.78, 5) is 6.79. The number of nitrogens with zero attached hydrogens (tertiary/aromatic N) is 2. The molecular weight excluding hydrogens is 318 g/mol. The fourth-order valence-corrected chi connectivity index (χ4v) is 2.95. The van der Waals surface area contributed by atoms with E-state index in [1.54, 1.807) is 6.20 Å². The van der Waals surface area contributed by atoms with Gasteiger partial charge in [-0.2, -0.15) is 0 Å². The first-order valence-corrected chi connectivity index (χ1v) is 8.70. The van der Waals surface area contributed by atoms with Gasteiger partial charge in [0, 0.05) is 34.5 Å². The van der Waals surface area contributed by atoms with E-state index in [4.69, 9.17) is 11.6 Å². The first kappa shape index (κ1) is 16.7. The second kappa shape index (κ2) is 7.65. The lowest BCUT2D eigenvalue weighted by atomic mass is 10.1. The van der Waals surface area contributed by atoms with Gasteiger partial charge in [0.1, 0.15) is 0 Å². The van der Waals surface area contributed by atoms with Gasteiger partial charge >= 0.3 is 0 Å². The van der Waals surface area contributed by atoms with Crippen LogP contribution in [0.4, 0.5) is 11.4 Å². The van der Waals surface area contributed by atoms with Crippen molar-refractivity contribution in [2.75, 3.05) is 18.4 Å². The van der Waals surface area contributed by atoms with Crippen molar-refractivity contribution in [3.8, 4) is 0 Å². The molecule has 0 bridgehead atoms. The summed E-state index contributed by atoms with van der Waals surface area (Å²) in [7, 11) is 0. The molecule has 0 amide bonds. The molecule has 24 heavy (non-hydrogen) atoms. The summed E-state index contributed by atoms with van der Waals surface area (Å²) in [5.41, 5.74) is 4.33. The Hall–Kier alpha value is -2.10. The smallest absolute Gasteiger partial charge is 0.0737 e. The van der Waals surface area contributed by atoms with Gasteiger partial charge in [-0.05, 0) is 55.1 Å². The van der Waals surface area contributed by atoms with E-state index in [0.717, 1.165) is 41.9 Å². The van der Waals surface area contributed by atoms with Crippen LogP contribution in [0.5, 0.6) is 0 Å². The molecule has 0 aliphatic carbocycles. The second-order valence-corrected chi connectivity index (χ2v) is 6.24. The average Bonchev–Trinajstić information content (AvgIpc) is 2.61. The van der Waals surface area contributed by atoms with Gasteiger partial charge in [0.25, 0.3) is 0 Å². The molecule has 4 heteroatoms. The van der Waals surface area contributed by atoms with E-state index in [-0.39, 0.29) is 0 Å². The summed E-state index contributed by atoms with van der Waals surface area (Å²) >= 11 is 6.05. The summed E-state index contributed by atoms with van der Waals surface area (Å²) in [6, 6.07) is 16.4. The van der Waals surface area contributed by atoms with Crippen LogP contribution in [0.2, 0.25) is 5.02 Å². The maximum atomic E-state index is 6.05. The van der Waals surface area contributed by atoms with Crippen LogP contribution in [0.25, 0.3) is 10.9 Å². The third kappa shape index (κ3) is 3.86. The number of fused-ring (bicyclic) bond motifs is 1. The third-order valence-electron chi connectivity index (χ3n) is 4.24. The van der Waals surface area contributed by atoms with E-state index >= 15 is 0 Å². The lowest BCUT2D eigenvalue weighted by molar-refractivity contribution is 0.296. The molecule has 0 unspecified atom stereocenters. The van der Waals surface area contributed by atoms with E-state index in [0.29, 0.717) is 5.02 Å². The number of nitrogens with one attached hydrogen (secondary N) is 1. The maximum absolute atomic E-state index is 6.05. The number of pyridine rings is 1. The molecule has 124 valence electrons. The lowest BCUT2D eigenvalue weighted by Crippen LogP contribution is -2.21. The molecular formula is C20H22ClN3. The van der Waals surface area contributed by atoms with Gasteiger partial charge in [-0.3, -0.25) is 9.88 Å². The Morgan fingerprint density at radius 1 is 1.00 bits per heavy atom. The second-order valence-electron chi connectivity index (χ2n) is 5.80. The predicted octanol–water partition coefficient (Wildman–Crippen LogP) is 5.47. The Bertz CT molecular complexity index is 811. The van der Waals surface area contributed by atoms with Crippen LogP contribution in [0.3, 0.4) is 0 Å². The minimum atomic E-state index is 0.702. The molecule has 0 saturated heterocycles. The SMILES string of the molecule is CCN(CC)Cc1ccc(Nc2ccnc3cc(Cl)ccc23)cc1. The molecule has 1 heterocycles. The van der Waals surface area contributed by atoms with Crippen LogP contribution in [0.1, 0.15) is 19.4 Å². The van der Waals surface area contributed by atoms with Crippen molar-refractivity contribution in [2.24, 2.45) is 0 Å². The molecule has 1 N–H and O–H groups in total. The van der Waals surface area contributed by atoms with Crippen molar-refractivity contribution in [2.45, 2.75) is 20.4 Å². The Labute approximate surface area is 148 Å². The van der Waals surface area contributed by atoms with Crippen molar-refractivity contribution in [3.05, 3.63) is 65.3 Å². The van der Waals surface area contributed by atoms with Gasteiger partial charge in [0.2, 0.25) is 0 Å². The van der Waals surface area contributed by atoms with Gasteiger partial charge < -0.3 is 5.32 Å². The minimum absolute atomic E-state index is 0.702. The number of benzene rings is 2.